The van der Waals surface area contributed by atoms with Gasteiger partial charge in [0.25, 0.3) is 0 Å². The number of carboxylic acid groups (broad SMARTS) is 3. The van der Waals surface area contributed by atoms with Crippen LogP contribution in [0.25, 0.3) is 0 Å². The largest absolute Gasteiger partial charge is 0.524 e. The van der Waals surface area contributed by atoms with Crippen LogP contribution in [0.15, 0.2) is 24.3 Å². The molecular formula is C26H37N4O14P. The van der Waals surface area contributed by atoms with Crippen molar-refractivity contribution in [3.8, 4) is 5.75 Å². The van der Waals surface area contributed by atoms with E-state index in [0.29, 0.717) is 12.0 Å². The summed E-state index contributed by atoms with van der Waals surface area (Å²) in [7, 11) is -4.82. The van der Waals surface area contributed by atoms with Gasteiger partial charge in [-0.15, -0.1) is 0 Å². The molecule has 0 radical (unpaired) electrons. The van der Waals surface area contributed by atoms with Crippen LogP contribution in [0.5, 0.6) is 5.75 Å². The van der Waals surface area contributed by atoms with Gasteiger partial charge in [-0.25, -0.2) is 14.2 Å². The first kappa shape index (κ1) is 38.5. The van der Waals surface area contributed by atoms with Gasteiger partial charge >= 0.3 is 25.7 Å². The Kier molecular flexibility index (Phi) is 15.1. The van der Waals surface area contributed by atoms with Crippen LogP contribution < -0.4 is 25.8 Å². The third kappa shape index (κ3) is 14.7. The summed E-state index contributed by atoms with van der Waals surface area (Å²) >= 11 is 0. The third-order valence-electron chi connectivity index (χ3n) is 6.36. The number of phosphoric acid groups is 1. The number of nitrogens with one attached hydrogen (secondary N) is 4. The molecule has 1 aromatic rings. The molecule has 250 valence electrons. The monoisotopic (exact) mass is 660 g/mol. The second-order valence-corrected chi connectivity index (χ2v) is 11.2. The van der Waals surface area contributed by atoms with Gasteiger partial charge < -0.3 is 41.1 Å². The number of aliphatic carboxylic acids is 3. The number of carboxylic acids is 3. The van der Waals surface area contributed by atoms with E-state index in [1.807, 2.05) is 0 Å². The third-order valence-corrected chi connectivity index (χ3v) is 6.81. The first-order valence-electron chi connectivity index (χ1n) is 13.5. The number of rotatable bonds is 19. The standard InChI is InChI=1S/C26H37N4O14P/c1-4-13(2)22(26(39)40)30-23(35)17(9-10-21(33)34)28-20(32)12-19(25(37)38)29-24(36)18(27-14(3)31)11-15-5-7-16(8-6-15)44-45(41,42)43/h5-8,13,17-19,22H,4,9-12H2,1-3H3,(H,27,31)(H,28,32)(H,29,36)(H,30,35)(H,33,34)(H,37,38)(H,39,40)(H2,41,42,43)/t13-,17+,18+,19+,22+/m1/s1. The van der Waals surface area contributed by atoms with E-state index in [0.717, 1.165) is 6.92 Å². The minimum Gasteiger partial charge on any atom is -0.481 e. The van der Waals surface area contributed by atoms with Gasteiger partial charge in [0.05, 0.1) is 6.42 Å². The second kappa shape index (κ2) is 17.7. The highest BCUT2D eigenvalue weighted by atomic mass is 31.2. The Morgan fingerprint density at radius 2 is 1.40 bits per heavy atom. The summed E-state index contributed by atoms with van der Waals surface area (Å²) in [5, 5.41) is 37.1. The van der Waals surface area contributed by atoms with Crippen molar-refractivity contribution in [3.05, 3.63) is 29.8 Å². The highest BCUT2D eigenvalue weighted by Gasteiger charge is 2.32. The summed E-state index contributed by atoms with van der Waals surface area (Å²) in [6.07, 6.45) is -1.81. The lowest BCUT2D eigenvalue weighted by Gasteiger charge is -2.25. The number of carbonyl (C=O) groups excluding carboxylic acids is 4. The molecule has 0 saturated heterocycles. The molecule has 1 aromatic carbocycles. The van der Waals surface area contributed by atoms with Crippen LogP contribution in [-0.2, 0) is 44.5 Å². The van der Waals surface area contributed by atoms with Gasteiger partial charge in [-0.3, -0.25) is 33.8 Å². The maximum absolute atomic E-state index is 13.0. The molecule has 0 saturated carbocycles. The molecule has 0 heterocycles. The summed E-state index contributed by atoms with van der Waals surface area (Å²) in [6, 6.07) is -1.05. The zero-order valence-corrected chi connectivity index (χ0v) is 25.5. The van der Waals surface area contributed by atoms with Gasteiger partial charge in [-0.2, -0.15) is 0 Å². The van der Waals surface area contributed by atoms with Crippen LogP contribution in [0.2, 0.25) is 0 Å². The van der Waals surface area contributed by atoms with E-state index >= 15 is 0 Å². The Morgan fingerprint density at radius 1 is 0.822 bits per heavy atom. The average Bonchev–Trinajstić information content (AvgIpc) is 2.92. The van der Waals surface area contributed by atoms with Crippen LogP contribution in [0.4, 0.5) is 0 Å². The highest BCUT2D eigenvalue weighted by Crippen LogP contribution is 2.37. The minimum absolute atomic E-state index is 0.182. The molecular weight excluding hydrogens is 623 g/mol. The second-order valence-electron chi connectivity index (χ2n) is 10.0. The van der Waals surface area contributed by atoms with Crippen LogP contribution in [0, 0.1) is 5.92 Å². The molecule has 1 rings (SSSR count). The number of carbonyl (C=O) groups is 7. The molecule has 0 fully saturated rings. The van der Waals surface area contributed by atoms with Gasteiger partial charge in [0, 0.05) is 19.8 Å². The van der Waals surface area contributed by atoms with E-state index in [1.54, 1.807) is 13.8 Å². The molecule has 0 unspecified atom stereocenters. The zero-order chi connectivity index (χ0) is 34.5. The SMILES string of the molecule is CC[C@@H](C)[C@H](NC(=O)[C@H](CCC(=O)O)NC(=O)C[C@H](NC(=O)[C@H](Cc1ccc(OP(=O)(O)O)cc1)NC(C)=O)C(=O)O)C(=O)O. The first-order chi connectivity index (χ1) is 20.8. The van der Waals surface area contributed by atoms with E-state index in [1.165, 1.54) is 24.3 Å². The average molecular weight is 661 g/mol. The number of hydrogen-bond donors (Lipinski definition) is 9. The predicted molar refractivity (Wildman–Crippen MR) is 152 cm³/mol. The number of amides is 4. The van der Waals surface area contributed by atoms with E-state index in [-0.39, 0.29) is 12.2 Å². The Labute approximate surface area is 257 Å². The lowest BCUT2D eigenvalue weighted by atomic mass is 9.98. The van der Waals surface area contributed by atoms with Gasteiger partial charge in [-0.05, 0) is 30.0 Å². The Hall–Kier alpha value is -4.54. The lowest BCUT2D eigenvalue weighted by Crippen LogP contribution is -2.55. The summed E-state index contributed by atoms with van der Waals surface area (Å²) in [5.74, 6) is -8.79. The summed E-state index contributed by atoms with van der Waals surface area (Å²) in [5.41, 5.74) is 0.371. The van der Waals surface area contributed by atoms with Crippen molar-refractivity contribution in [2.45, 2.75) is 77.0 Å². The molecule has 19 heteroatoms. The maximum Gasteiger partial charge on any atom is 0.524 e. The molecule has 5 atom stereocenters. The van der Waals surface area contributed by atoms with Crippen LogP contribution in [0.3, 0.4) is 0 Å². The quantitative estimate of drug-likeness (QED) is 0.0816. The number of benzene rings is 1. The summed E-state index contributed by atoms with van der Waals surface area (Å²) in [6.45, 7) is 4.35. The fourth-order valence-electron chi connectivity index (χ4n) is 3.90. The van der Waals surface area contributed by atoms with E-state index in [9.17, 15) is 48.3 Å². The molecule has 45 heavy (non-hydrogen) atoms. The van der Waals surface area contributed by atoms with E-state index in [4.69, 9.17) is 14.9 Å². The zero-order valence-electron chi connectivity index (χ0n) is 24.6. The van der Waals surface area contributed by atoms with Crippen molar-refractivity contribution >= 4 is 49.4 Å². The topological polar surface area (TPSA) is 295 Å². The molecule has 0 spiro atoms. The van der Waals surface area contributed by atoms with Gasteiger partial charge in [0.1, 0.15) is 29.9 Å². The number of hydrogen-bond acceptors (Lipinski definition) is 9. The van der Waals surface area contributed by atoms with Crippen molar-refractivity contribution in [2.75, 3.05) is 0 Å². The first-order valence-corrected chi connectivity index (χ1v) is 15.0. The summed E-state index contributed by atoms with van der Waals surface area (Å²) < 4.78 is 15.4. The Morgan fingerprint density at radius 3 is 1.87 bits per heavy atom. The van der Waals surface area contributed by atoms with Gasteiger partial charge in [0.2, 0.25) is 23.6 Å². The molecule has 4 amide bonds. The van der Waals surface area contributed by atoms with Crippen molar-refractivity contribution < 1.29 is 67.8 Å². The fourth-order valence-corrected chi connectivity index (χ4v) is 4.30. The Balaban J connectivity index is 3.05. The normalized spacial score (nSPS) is 14.4. The van der Waals surface area contributed by atoms with Crippen LogP contribution >= 0.6 is 7.82 Å². The molecule has 0 aliphatic carbocycles. The number of phosphoric ester groups is 1. The predicted octanol–water partition coefficient (Wildman–Crippen LogP) is -0.870. The molecule has 18 nitrogen and oxygen atoms in total. The highest BCUT2D eigenvalue weighted by molar-refractivity contribution is 7.46. The lowest BCUT2D eigenvalue weighted by molar-refractivity contribution is -0.145. The molecule has 0 aromatic heterocycles. The molecule has 0 aliphatic heterocycles. The Bertz CT molecular complexity index is 1300. The molecule has 0 bridgehead atoms. The van der Waals surface area contributed by atoms with E-state index < -0.39 is 98.7 Å². The van der Waals surface area contributed by atoms with E-state index in [2.05, 4.69) is 25.8 Å². The van der Waals surface area contributed by atoms with Crippen molar-refractivity contribution in [1.82, 2.24) is 21.3 Å². The van der Waals surface area contributed by atoms with Gasteiger partial charge in [0.15, 0.2) is 0 Å². The van der Waals surface area contributed by atoms with Crippen LogP contribution in [0.1, 0.15) is 52.0 Å². The fraction of sp³-hybridized carbons (Fsp3) is 0.500. The molecule has 9 N–H and O–H groups in total. The van der Waals surface area contributed by atoms with Crippen molar-refractivity contribution in [2.24, 2.45) is 5.92 Å². The smallest absolute Gasteiger partial charge is 0.481 e. The maximum atomic E-state index is 13.0. The van der Waals surface area contributed by atoms with Crippen molar-refractivity contribution in [3.63, 3.8) is 0 Å². The van der Waals surface area contributed by atoms with Crippen LogP contribution in [-0.4, -0.2) is 90.8 Å². The summed E-state index contributed by atoms with van der Waals surface area (Å²) in [4.78, 5) is 103. The van der Waals surface area contributed by atoms with Gasteiger partial charge in [-0.1, -0.05) is 32.4 Å². The van der Waals surface area contributed by atoms with Crippen molar-refractivity contribution in [1.29, 1.82) is 0 Å². The molecule has 0 aliphatic rings. The minimum atomic E-state index is -4.82.